The van der Waals surface area contributed by atoms with Crippen molar-refractivity contribution < 1.29 is 14.3 Å². The second-order valence-corrected chi connectivity index (χ2v) is 6.83. The van der Waals surface area contributed by atoms with Gasteiger partial charge < -0.3 is 15.4 Å². The number of thiocarbonyl (C=S) groups is 1. The number of nitrogens with one attached hydrogen (secondary N) is 3. The molecule has 3 aromatic carbocycles. The molecule has 3 N–H and O–H groups in total. The van der Waals surface area contributed by atoms with Gasteiger partial charge in [0.1, 0.15) is 5.75 Å². The van der Waals surface area contributed by atoms with E-state index in [4.69, 9.17) is 17.0 Å². The van der Waals surface area contributed by atoms with Gasteiger partial charge in [-0.3, -0.25) is 14.9 Å². The van der Waals surface area contributed by atoms with E-state index in [1.54, 1.807) is 37.5 Å². The van der Waals surface area contributed by atoms with Gasteiger partial charge in [-0.05, 0) is 54.7 Å². The van der Waals surface area contributed by atoms with E-state index in [2.05, 4.69) is 16.0 Å². The number of ether oxygens (including phenoxy) is 1. The summed E-state index contributed by atoms with van der Waals surface area (Å²) in [6.07, 6.45) is 3.01. The standard InChI is InChI=1S/C24H21N3O3S/c1-30-21-13-6-5-8-17(21)14-15-22(28)27-24(31)26-20-12-7-9-18(16-20)23(29)25-19-10-3-2-4-11-19/h2-16H,1H3,(H,25,29)(H2,26,27,28,31)/b15-14+. The lowest BCUT2D eigenvalue weighted by atomic mass is 10.2. The molecule has 31 heavy (non-hydrogen) atoms. The fourth-order valence-electron chi connectivity index (χ4n) is 2.75. The predicted molar refractivity (Wildman–Crippen MR) is 127 cm³/mol. The van der Waals surface area contributed by atoms with Crippen LogP contribution < -0.4 is 20.7 Å². The maximum atomic E-state index is 12.4. The van der Waals surface area contributed by atoms with Gasteiger partial charge in [0.15, 0.2) is 5.11 Å². The number of benzene rings is 3. The highest BCUT2D eigenvalue weighted by atomic mass is 32.1. The van der Waals surface area contributed by atoms with Crippen LogP contribution in [0.5, 0.6) is 5.75 Å². The van der Waals surface area contributed by atoms with Gasteiger partial charge in [0, 0.05) is 28.6 Å². The summed E-state index contributed by atoms with van der Waals surface area (Å²) in [6, 6.07) is 23.4. The highest BCUT2D eigenvalue weighted by molar-refractivity contribution is 7.80. The molecule has 0 saturated carbocycles. The molecule has 0 atom stereocenters. The van der Waals surface area contributed by atoms with Crippen molar-refractivity contribution in [3.8, 4) is 5.75 Å². The average molecular weight is 432 g/mol. The summed E-state index contributed by atoms with van der Waals surface area (Å²) in [7, 11) is 1.57. The maximum absolute atomic E-state index is 12.4. The van der Waals surface area contributed by atoms with Crippen molar-refractivity contribution >= 4 is 46.6 Å². The summed E-state index contributed by atoms with van der Waals surface area (Å²) in [5, 5.41) is 8.44. The third kappa shape index (κ3) is 6.52. The number of rotatable bonds is 6. The third-order valence-electron chi connectivity index (χ3n) is 4.20. The second-order valence-electron chi connectivity index (χ2n) is 6.42. The zero-order chi connectivity index (χ0) is 22.1. The van der Waals surface area contributed by atoms with Crippen LogP contribution in [0.1, 0.15) is 15.9 Å². The fourth-order valence-corrected chi connectivity index (χ4v) is 2.97. The number of carbonyl (C=O) groups is 2. The van der Waals surface area contributed by atoms with Crippen LogP contribution in [0.4, 0.5) is 11.4 Å². The minimum Gasteiger partial charge on any atom is -0.496 e. The molecule has 3 rings (SSSR count). The maximum Gasteiger partial charge on any atom is 0.255 e. The van der Waals surface area contributed by atoms with E-state index in [1.807, 2.05) is 54.6 Å². The lowest BCUT2D eigenvalue weighted by Gasteiger charge is -2.10. The van der Waals surface area contributed by atoms with Crippen LogP contribution in [0.15, 0.2) is 84.9 Å². The number of carbonyl (C=O) groups excluding carboxylic acids is 2. The number of hydrogen-bond acceptors (Lipinski definition) is 4. The molecule has 0 unspecified atom stereocenters. The Morgan fingerprint density at radius 3 is 2.35 bits per heavy atom. The molecule has 0 aromatic heterocycles. The van der Waals surface area contributed by atoms with Gasteiger partial charge in [0.2, 0.25) is 5.91 Å². The van der Waals surface area contributed by atoms with Crippen molar-refractivity contribution in [2.75, 3.05) is 17.7 Å². The van der Waals surface area contributed by atoms with Crippen LogP contribution >= 0.6 is 12.2 Å². The molecule has 2 amide bonds. The largest absolute Gasteiger partial charge is 0.496 e. The minimum absolute atomic E-state index is 0.121. The zero-order valence-electron chi connectivity index (χ0n) is 16.8. The zero-order valence-corrected chi connectivity index (χ0v) is 17.6. The smallest absolute Gasteiger partial charge is 0.255 e. The van der Waals surface area contributed by atoms with Crippen molar-refractivity contribution in [2.45, 2.75) is 0 Å². The summed E-state index contributed by atoms with van der Waals surface area (Å²) in [5.74, 6) is 0.0313. The monoisotopic (exact) mass is 431 g/mol. The molecule has 3 aromatic rings. The molecule has 0 saturated heterocycles. The van der Waals surface area contributed by atoms with Crippen molar-refractivity contribution in [3.05, 3.63) is 96.1 Å². The van der Waals surface area contributed by atoms with Gasteiger partial charge >= 0.3 is 0 Å². The van der Waals surface area contributed by atoms with Gasteiger partial charge in [0.05, 0.1) is 7.11 Å². The molecule has 7 heteroatoms. The van der Waals surface area contributed by atoms with Crippen molar-refractivity contribution in [2.24, 2.45) is 0 Å². The van der Waals surface area contributed by atoms with E-state index in [0.717, 1.165) is 5.56 Å². The van der Waals surface area contributed by atoms with Crippen molar-refractivity contribution in [3.63, 3.8) is 0 Å². The summed E-state index contributed by atoms with van der Waals surface area (Å²) in [4.78, 5) is 24.6. The van der Waals surface area contributed by atoms with E-state index >= 15 is 0 Å². The first-order chi connectivity index (χ1) is 15.0. The second kappa shape index (κ2) is 10.7. The Bertz CT molecular complexity index is 1110. The molecule has 6 nitrogen and oxygen atoms in total. The summed E-state index contributed by atoms with van der Waals surface area (Å²) in [6.45, 7) is 0. The van der Waals surface area contributed by atoms with Crippen molar-refractivity contribution in [1.82, 2.24) is 5.32 Å². The molecule has 0 aliphatic rings. The van der Waals surface area contributed by atoms with Crippen LogP contribution in [0.25, 0.3) is 6.08 Å². The van der Waals surface area contributed by atoms with Gasteiger partial charge in [-0.25, -0.2) is 0 Å². The molecule has 0 aliphatic carbocycles. The molecule has 0 radical (unpaired) electrons. The van der Waals surface area contributed by atoms with E-state index in [1.165, 1.54) is 6.08 Å². The van der Waals surface area contributed by atoms with Crippen LogP contribution in [-0.2, 0) is 4.79 Å². The van der Waals surface area contributed by atoms with Crippen molar-refractivity contribution in [1.29, 1.82) is 0 Å². The predicted octanol–water partition coefficient (Wildman–Crippen LogP) is 4.47. The van der Waals surface area contributed by atoms with Crippen LogP contribution in [0, 0.1) is 0 Å². The van der Waals surface area contributed by atoms with Gasteiger partial charge in [-0.15, -0.1) is 0 Å². The molecule has 0 fully saturated rings. The first-order valence-corrected chi connectivity index (χ1v) is 9.85. The summed E-state index contributed by atoms with van der Waals surface area (Å²) < 4.78 is 5.25. The number of hydrogen-bond donors (Lipinski definition) is 3. The Morgan fingerprint density at radius 1 is 0.871 bits per heavy atom. The Balaban J connectivity index is 1.58. The summed E-state index contributed by atoms with van der Waals surface area (Å²) in [5.41, 5.74) is 2.52. The van der Waals surface area contributed by atoms with E-state index in [9.17, 15) is 9.59 Å². The quantitative estimate of drug-likeness (QED) is 0.396. The normalized spacial score (nSPS) is 10.4. The number of para-hydroxylation sites is 2. The lowest BCUT2D eigenvalue weighted by molar-refractivity contribution is -0.115. The third-order valence-corrected chi connectivity index (χ3v) is 4.41. The molecule has 156 valence electrons. The lowest BCUT2D eigenvalue weighted by Crippen LogP contribution is -2.32. The Morgan fingerprint density at radius 2 is 1.58 bits per heavy atom. The topological polar surface area (TPSA) is 79.5 Å². The molecular weight excluding hydrogens is 410 g/mol. The van der Waals surface area contributed by atoms with Crippen LogP contribution in [0.3, 0.4) is 0 Å². The Kier molecular flexibility index (Phi) is 7.50. The van der Waals surface area contributed by atoms with Gasteiger partial charge in [-0.1, -0.05) is 42.5 Å². The van der Waals surface area contributed by atoms with Crippen LogP contribution in [0.2, 0.25) is 0 Å². The molecular formula is C24H21N3O3S. The number of anilines is 2. The number of methoxy groups -OCH3 is 1. The van der Waals surface area contributed by atoms with Crippen LogP contribution in [-0.4, -0.2) is 24.0 Å². The number of amides is 2. The first kappa shape index (κ1) is 21.7. The molecule has 0 bridgehead atoms. The fraction of sp³-hybridized carbons (Fsp3) is 0.0417. The SMILES string of the molecule is COc1ccccc1/C=C/C(=O)NC(=S)Nc1cccc(C(=O)Nc2ccccc2)c1. The van der Waals surface area contributed by atoms with Gasteiger partial charge in [-0.2, -0.15) is 0 Å². The summed E-state index contributed by atoms with van der Waals surface area (Å²) >= 11 is 5.20. The van der Waals surface area contributed by atoms with Gasteiger partial charge in [0.25, 0.3) is 5.91 Å². The average Bonchev–Trinajstić information content (AvgIpc) is 2.78. The minimum atomic E-state index is -0.388. The highest BCUT2D eigenvalue weighted by Crippen LogP contribution is 2.18. The van der Waals surface area contributed by atoms with E-state index in [0.29, 0.717) is 22.7 Å². The highest BCUT2D eigenvalue weighted by Gasteiger charge is 2.08. The Hall–Kier alpha value is -3.97. The van der Waals surface area contributed by atoms with E-state index < -0.39 is 0 Å². The molecule has 0 aliphatic heterocycles. The van der Waals surface area contributed by atoms with E-state index in [-0.39, 0.29) is 16.9 Å². The molecule has 0 spiro atoms. The Labute approximate surface area is 185 Å². The molecule has 0 heterocycles. The first-order valence-electron chi connectivity index (χ1n) is 9.44.